The number of hydrogen-bond acceptors (Lipinski definition) is 5. The summed E-state index contributed by atoms with van der Waals surface area (Å²) in [5.74, 6) is -1.16. The fourth-order valence-corrected chi connectivity index (χ4v) is 4.12. The number of carbonyl (C=O) groups excluding carboxylic acids is 1. The Morgan fingerprint density at radius 1 is 0.969 bits per heavy atom. The van der Waals surface area contributed by atoms with E-state index in [-0.39, 0.29) is 24.4 Å². The predicted octanol–water partition coefficient (Wildman–Crippen LogP) is 2.38. The van der Waals surface area contributed by atoms with Gasteiger partial charge in [-0.15, -0.1) is 0 Å². The zero-order valence-electron chi connectivity index (χ0n) is 17.4. The Balaban J connectivity index is 1.54. The van der Waals surface area contributed by atoms with Gasteiger partial charge in [0.25, 0.3) is 0 Å². The van der Waals surface area contributed by atoms with Gasteiger partial charge in [0.1, 0.15) is 6.61 Å². The maximum atomic E-state index is 12.8. The summed E-state index contributed by atoms with van der Waals surface area (Å²) in [5.41, 5.74) is 5.19. The summed E-state index contributed by atoms with van der Waals surface area (Å²) in [6.07, 6.45) is -0.941. The SMILES string of the molecule is CN(C(=O)OCC1c2ccccc2-c2ccccc21)c1cc(CC(=O)O)cc(B(O)O)c1. The maximum absolute atomic E-state index is 12.8. The molecule has 162 valence electrons. The standard InChI is InChI=1S/C24H22BNO6/c1-26(17-11-15(12-23(27)28)10-16(13-17)25(30)31)24(29)32-14-22-20-8-4-2-6-18(20)19-7-3-5-9-21(19)22/h2-11,13,22,30-31H,12,14H2,1H3,(H,27,28). The highest BCUT2D eigenvalue weighted by Crippen LogP contribution is 2.44. The van der Waals surface area contributed by atoms with E-state index in [2.05, 4.69) is 12.1 Å². The van der Waals surface area contributed by atoms with Crippen molar-refractivity contribution in [3.8, 4) is 11.1 Å². The lowest BCUT2D eigenvalue weighted by Crippen LogP contribution is -2.33. The Bertz CT molecular complexity index is 1130. The molecular weight excluding hydrogens is 409 g/mol. The van der Waals surface area contributed by atoms with Gasteiger partial charge in [0, 0.05) is 18.7 Å². The highest BCUT2D eigenvalue weighted by molar-refractivity contribution is 6.58. The van der Waals surface area contributed by atoms with Gasteiger partial charge in [-0.05, 0) is 45.4 Å². The molecule has 0 spiro atoms. The summed E-state index contributed by atoms with van der Waals surface area (Å²) in [6, 6.07) is 20.4. The number of rotatable bonds is 6. The van der Waals surface area contributed by atoms with Crippen LogP contribution in [-0.2, 0) is 16.0 Å². The highest BCUT2D eigenvalue weighted by atomic mass is 16.6. The van der Waals surface area contributed by atoms with Crippen molar-refractivity contribution in [3.63, 3.8) is 0 Å². The van der Waals surface area contributed by atoms with Crippen molar-refractivity contribution in [2.75, 3.05) is 18.6 Å². The Morgan fingerprint density at radius 3 is 2.12 bits per heavy atom. The lowest BCUT2D eigenvalue weighted by atomic mass is 9.79. The molecule has 8 heteroatoms. The number of anilines is 1. The fraction of sp³-hybridized carbons (Fsp3) is 0.167. The monoisotopic (exact) mass is 431 g/mol. The van der Waals surface area contributed by atoms with Gasteiger partial charge < -0.3 is 19.9 Å². The molecule has 0 saturated heterocycles. The fourth-order valence-electron chi connectivity index (χ4n) is 4.12. The van der Waals surface area contributed by atoms with Gasteiger partial charge in [-0.25, -0.2) is 4.79 Å². The van der Waals surface area contributed by atoms with Gasteiger partial charge in [-0.2, -0.15) is 0 Å². The zero-order valence-corrected chi connectivity index (χ0v) is 17.4. The quantitative estimate of drug-likeness (QED) is 0.518. The second-order valence-corrected chi connectivity index (χ2v) is 7.74. The summed E-state index contributed by atoms with van der Waals surface area (Å²) < 4.78 is 5.62. The van der Waals surface area contributed by atoms with Crippen LogP contribution in [0.2, 0.25) is 0 Å². The predicted molar refractivity (Wildman–Crippen MR) is 121 cm³/mol. The largest absolute Gasteiger partial charge is 0.488 e. The molecule has 0 radical (unpaired) electrons. The molecule has 0 aliphatic heterocycles. The average Bonchev–Trinajstić information content (AvgIpc) is 3.10. The summed E-state index contributed by atoms with van der Waals surface area (Å²) >= 11 is 0. The van der Waals surface area contributed by atoms with Crippen molar-refractivity contribution in [1.82, 2.24) is 0 Å². The van der Waals surface area contributed by atoms with Crippen LogP contribution in [0.5, 0.6) is 0 Å². The normalized spacial score (nSPS) is 12.1. The number of ether oxygens (including phenoxy) is 1. The van der Waals surface area contributed by atoms with Crippen LogP contribution < -0.4 is 10.4 Å². The first-order valence-electron chi connectivity index (χ1n) is 10.2. The summed E-state index contributed by atoms with van der Waals surface area (Å²) in [4.78, 5) is 25.1. The van der Waals surface area contributed by atoms with Crippen LogP contribution in [0.25, 0.3) is 11.1 Å². The van der Waals surface area contributed by atoms with Crippen LogP contribution in [0.4, 0.5) is 10.5 Å². The van der Waals surface area contributed by atoms with Gasteiger partial charge in [0.2, 0.25) is 0 Å². The van der Waals surface area contributed by atoms with E-state index in [0.717, 1.165) is 22.3 Å². The van der Waals surface area contributed by atoms with Crippen LogP contribution in [0.15, 0.2) is 66.7 Å². The van der Waals surface area contributed by atoms with Gasteiger partial charge >= 0.3 is 19.2 Å². The number of carbonyl (C=O) groups is 2. The minimum Gasteiger partial charge on any atom is -0.481 e. The molecule has 1 aliphatic carbocycles. The number of fused-ring (bicyclic) bond motifs is 3. The zero-order chi connectivity index (χ0) is 22.8. The molecule has 32 heavy (non-hydrogen) atoms. The minimum absolute atomic E-state index is 0.0899. The second kappa shape index (κ2) is 8.86. The molecule has 0 atom stereocenters. The highest BCUT2D eigenvalue weighted by Gasteiger charge is 2.29. The maximum Gasteiger partial charge on any atom is 0.488 e. The molecule has 7 nitrogen and oxygen atoms in total. The number of carboxylic acids is 1. The average molecular weight is 431 g/mol. The van der Waals surface area contributed by atoms with E-state index in [1.165, 1.54) is 30.1 Å². The molecular formula is C24H22BNO6. The molecule has 3 aromatic rings. The third-order valence-corrected chi connectivity index (χ3v) is 5.65. The van der Waals surface area contributed by atoms with Crippen LogP contribution in [0, 0.1) is 0 Å². The smallest absolute Gasteiger partial charge is 0.481 e. The lowest BCUT2D eigenvalue weighted by molar-refractivity contribution is -0.136. The molecule has 3 N–H and O–H groups in total. The van der Waals surface area contributed by atoms with Crippen molar-refractivity contribution in [2.45, 2.75) is 12.3 Å². The first-order valence-corrected chi connectivity index (χ1v) is 10.2. The number of benzene rings is 3. The summed E-state index contributed by atoms with van der Waals surface area (Å²) in [7, 11) is -0.301. The lowest BCUT2D eigenvalue weighted by Gasteiger charge is -2.21. The molecule has 1 aliphatic rings. The number of amides is 1. The van der Waals surface area contributed by atoms with Crippen LogP contribution in [0.1, 0.15) is 22.6 Å². The van der Waals surface area contributed by atoms with Crippen LogP contribution in [-0.4, -0.2) is 48.0 Å². The summed E-state index contributed by atoms with van der Waals surface area (Å²) in [6.45, 7) is 0.140. The third kappa shape index (κ3) is 4.23. The summed E-state index contributed by atoms with van der Waals surface area (Å²) in [5, 5.41) is 28.1. The molecule has 0 saturated carbocycles. The molecule has 3 aromatic carbocycles. The van der Waals surface area contributed by atoms with Crippen molar-refractivity contribution in [1.29, 1.82) is 0 Å². The Hall–Kier alpha value is -3.62. The Morgan fingerprint density at radius 2 is 1.56 bits per heavy atom. The van der Waals surface area contributed by atoms with Crippen molar-refractivity contribution >= 4 is 30.3 Å². The minimum atomic E-state index is -1.79. The van der Waals surface area contributed by atoms with Gasteiger partial charge in [-0.3, -0.25) is 9.69 Å². The van der Waals surface area contributed by atoms with E-state index < -0.39 is 19.2 Å². The molecule has 0 aromatic heterocycles. The van der Waals surface area contributed by atoms with Crippen LogP contribution in [0.3, 0.4) is 0 Å². The van der Waals surface area contributed by atoms with E-state index >= 15 is 0 Å². The molecule has 0 heterocycles. The van der Waals surface area contributed by atoms with Crippen LogP contribution >= 0.6 is 0 Å². The number of hydrogen-bond donors (Lipinski definition) is 3. The van der Waals surface area contributed by atoms with E-state index in [1.54, 1.807) is 0 Å². The topological polar surface area (TPSA) is 107 Å². The molecule has 1 amide bonds. The number of carboxylic acid groups (broad SMARTS) is 1. The molecule has 0 fully saturated rings. The van der Waals surface area contributed by atoms with Crippen molar-refractivity contribution < 1.29 is 29.5 Å². The Labute approximate surface area is 185 Å². The number of aliphatic carboxylic acids is 1. The third-order valence-electron chi connectivity index (χ3n) is 5.65. The second-order valence-electron chi connectivity index (χ2n) is 7.74. The molecule has 0 unspecified atom stereocenters. The molecule has 4 rings (SSSR count). The van der Waals surface area contributed by atoms with Gasteiger partial charge in [-0.1, -0.05) is 54.6 Å². The van der Waals surface area contributed by atoms with Crippen molar-refractivity contribution in [3.05, 3.63) is 83.4 Å². The van der Waals surface area contributed by atoms with E-state index in [1.807, 2.05) is 36.4 Å². The van der Waals surface area contributed by atoms with E-state index in [4.69, 9.17) is 9.84 Å². The first-order chi connectivity index (χ1) is 15.3. The number of nitrogens with zero attached hydrogens (tertiary/aromatic N) is 1. The van der Waals surface area contributed by atoms with Crippen molar-refractivity contribution in [2.24, 2.45) is 0 Å². The van der Waals surface area contributed by atoms with Gasteiger partial charge in [0.15, 0.2) is 0 Å². The molecule has 0 bridgehead atoms. The first kappa shape index (κ1) is 21.6. The van der Waals surface area contributed by atoms with E-state index in [9.17, 15) is 19.6 Å². The Kier molecular flexibility index (Phi) is 5.98. The van der Waals surface area contributed by atoms with E-state index in [0.29, 0.717) is 11.3 Å². The van der Waals surface area contributed by atoms with Gasteiger partial charge in [0.05, 0.1) is 6.42 Å².